The van der Waals surface area contributed by atoms with Gasteiger partial charge in [-0.05, 0) is 23.6 Å². The number of fused-ring (bicyclic) bond motifs is 3. The second-order valence-electron chi connectivity index (χ2n) is 5.29. The van der Waals surface area contributed by atoms with Crippen molar-refractivity contribution in [3.63, 3.8) is 0 Å². The van der Waals surface area contributed by atoms with Gasteiger partial charge in [-0.3, -0.25) is 15.0 Å². The maximum Gasteiger partial charge on any atom is 0.281 e. The summed E-state index contributed by atoms with van der Waals surface area (Å²) in [5, 5.41) is 12.2. The van der Waals surface area contributed by atoms with E-state index in [-0.39, 0.29) is 11.3 Å². The van der Waals surface area contributed by atoms with Crippen molar-refractivity contribution in [2.75, 3.05) is 5.43 Å². The first kappa shape index (κ1) is 13.3. The number of phenolic OH excluding ortho intramolecular Hbond substituents is 1. The van der Waals surface area contributed by atoms with Crippen LogP contribution in [0.1, 0.15) is 20.7 Å². The molecule has 1 aliphatic rings. The molecule has 2 N–H and O–H groups in total. The molecule has 0 aliphatic carbocycles. The average molecular weight is 304 g/mol. The van der Waals surface area contributed by atoms with Gasteiger partial charge < -0.3 is 5.11 Å². The van der Waals surface area contributed by atoms with Crippen molar-refractivity contribution in [3.8, 4) is 5.75 Å². The zero-order valence-corrected chi connectivity index (χ0v) is 12.0. The second kappa shape index (κ2) is 4.84. The smallest absolute Gasteiger partial charge is 0.281 e. The summed E-state index contributed by atoms with van der Waals surface area (Å²) < 4.78 is 0. The fraction of sp³-hybridized carbons (Fsp3) is 0. The van der Waals surface area contributed by atoms with E-state index in [9.17, 15) is 14.7 Å². The molecule has 0 radical (unpaired) electrons. The number of nitrogens with zero attached hydrogens (tertiary/aromatic N) is 1. The molecule has 5 nitrogen and oxygen atoms in total. The SMILES string of the molecule is O=C1c2cc(O)c3ccccc3c2C(=O)N1Nc1ccccc1. The number of hydrogen-bond donors (Lipinski definition) is 2. The summed E-state index contributed by atoms with van der Waals surface area (Å²) in [7, 11) is 0. The van der Waals surface area contributed by atoms with Crippen LogP contribution in [0.4, 0.5) is 5.69 Å². The molecule has 23 heavy (non-hydrogen) atoms. The van der Waals surface area contributed by atoms with E-state index in [0.717, 1.165) is 5.01 Å². The first-order valence-corrected chi connectivity index (χ1v) is 7.12. The van der Waals surface area contributed by atoms with Crippen LogP contribution in [0.2, 0.25) is 0 Å². The minimum absolute atomic E-state index is 0.0120. The lowest BCUT2D eigenvalue weighted by molar-refractivity contribution is 0.0692. The predicted octanol–water partition coefficient (Wildman–Crippen LogP) is 3.17. The number of amides is 2. The molecule has 1 aliphatic heterocycles. The van der Waals surface area contributed by atoms with E-state index < -0.39 is 11.8 Å². The Morgan fingerprint density at radius 2 is 1.48 bits per heavy atom. The van der Waals surface area contributed by atoms with Crippen LogP contribution < -0.4 is 5.43 Å². The lowest BCUT2D eigenvalue weighted by Gasteiger charge is -2.16. The average Bonchev–Trinajstić information content (AvgIpc) is 2.81. The molecular formula is C18H12N2O3. The quantitative estimate of drug-likeness (QED) is 0.713. The number of para-hydroxylation sites is 1. The maximum atomic E-state index is 12.7. The van der Waals surface area contributed by atoms with Crippen LogP contribution in [0.25, 0.3) is 10.8 Å². The maximum absolute atomic E-state index is 12.7. The first-order valence-electron chi connectivity index (χ1n) is 7.12. The number of anilines is 1. The van der Waals surface area contributed by atoms with Gasteiger partial charge in [-0.2, -0.15) is 5.01 Å². The Morgan fingerprint density at radius 1 is 0.826 bits per heavy atom. The molecule has 0 fully saturated rings. The van der Waals surface area contributed by atoms with Gasteiger partial charge in [-0.15, -0.1) is 0 Å². The normalized spacial score (nSPS) is 13.5. The van der Waals surface area contributed by atoms with E-state index in [1.54, 1.807) is 36.4 Å². The van der Waals surface area contributed by atoms with Gasteiger partial charge in [0, 0.05) is 5.39 Å². The van der Waals surface area contributed by atoms with E-state index in [4.69, 9.17) is 0 Å². The van der Waals surface area contributed by atoms with Crippen molar-refractivity contribution in [1.82, 2.24) is 5.01 Å². The Bertz CT molecular complexity index is 951. The minimum Gasteiger partial charge on any atom is -0.507 e. The third-order valence-electron chi connectivity index (χ3n) is 3.89. The van der Waals surface area contributed by atoms with Crippen LogP contribution in [-0.4, -0.2) is 21.9 Å². The number of hydrazine groups is 1. The van der Waals surface area contributed by atoms with Crippen molar-refractivity contribution in [2.45, 2.75) is 0 Å². The Hall–Kier alpha value is -3.34. The monoisotopic (exact) mass is 304 g/mol. The molecule has 0 bridgehead atoms. The lowest BCUT2D eigenvalue weighted by atomic mass is 9.99. The van der Waals surface area contributed by atoms with Gasteiger partial charge in [0.1, 0.15) is 5.75 Å². The van der Waals surface area contributed by atoms with Crippen LogP contribution in [0.15, 0.2) is 60.7 Å². The minimum atomic E-state index is -0.477. The number of phenols is 1. The highest BCUT2D eigenvalue weighted by Crippen LogP contribution is 2.35. The summed E-state index contributed by atoms with van der Waals surface area (Å²) in [4.78, 5) is 25.2. The highest BCUT2D eigenvalue weighted by Gasteiger charge is 2.38. The third kappa shape index (κ3) is 1.94. The Kier molecular flexibility index (Phi) is 2.81. The Balaban J connectivity index is 1.85. The molecule has 0 aromatic heterocycles. The zero-order chi connectivity index (χ0) is 16.0. The van der Waals surface area contributed by atoms with Crippen LogP contribution >= 0.6 is 0 Å². The Morgan fingerprint density at radius 3 is 2.22 bits per heavy atom. The summed E-state index contributed by atoms with van der Waals surface area (Å²) in [5.74, 6) is -0.915. The van der Waals surface area contributed by atoms with Gasteiger partial charge in [0.25, 0.3) is 11.8 Å². The van der Waals surface area contributed by atoms with E-state index in [0.29, 0.717) is 22.0 Å². The topological polar surface area (TPSA) is 69.6 Å². The number of hydrogen-bond acceptors (Lipinski definition) is 4. The molecule has 112 valence electrons. The number of carbonyl (C=O) groups is 2. The molecule has 0 saturated heterocycles. The molecule has 2 amide bonds. The largest absolute Gasteiger partial charge is 0.507 e. The number of carbonyl (C=O) groups excluding carboxylic acids is 2. The van der Waals surface area contributed by atoms with E-state index in [1.807, 2.05) is 18.2 Å². The molecule has 1 heterocycles. The van der Waals surface area contributed by atoms with Crippen molar-refractivity contribution in [1.29, 1.82) is 0 Å². The molecule has 0 atom stereocenters. The number of benzene rings is 3. The molecule has 3 aromatic carbocycles. The molecular weight excluding hydrogens is 292 g/mol. The fourth-order valence-corrected chi connectivity index (χ4v) is 2.82. The van der Waals surface area contributed by atoms with E-state index in [2.05, 4.69) is 5.43 Å². The third-order valence-corrected chi connectivity index (χ3v) is 3.89. The van der Waals surface area contributed by atoms with Crippen molar-refractivity contribution < 1.29 is 14.7 Å². The number of imide groups is 1. The van der Waals surface area contributed by atoms with Crippen molar-refractivity contribution >= 4 is 28.3 Å². The summed E-state index contributed by atoms with van der Waals surface area (Å²) in [6, 6.07) is 17.3. The van der Waals surface area contributed by atoms with Crippen LogP contribution in [-0.2, 0) is 0 Å². The molecule has 0 unspecified atom stereocenters. The van der Waals surface area contributed by atoms with Gasteiger partial charge >= 0.3 is 0 Å². The summed E-state index contributed by atoms with van der Waals surface area (Å²) >= 11 is 0. The summed E-state index contributed by atoms with van der Waals surface area (Å²) in [6.45, 7) is 0. The van der Waals surface area contributed by atoms with Crippen molar-refractivity contribution in [2.24, 2.45) is 0 Å². The Labute approximate surface area is 131 Å². The van der Waals surface area contributed by atoms with Gasteiger partial charge in [0.15, 0.2) is 0 Å². The number of nitrogens with one attached hydrogen (secondary N) is 1. The first-order chi connectivity index (χ1) is 11.2. The standard InChI is InChI=1S/C18H12N2O3/c21-15-10-14-16(13-9-5-4-8-12(13)15)18(23)20(17(14)22)19-11-6-2-1-3-7-11/h1-10,19,21H. The number of rotatable bonds is 2. The molecule has 3 aromatic rings. The van der Waals surface area contributed by atoms with Gasteiger partial charge in [-0.1, -0.05) is 42.5 Å². The van der Waals surface area contributed by atoms with E-state index in [1.165, 1.54) is 6.07 Å². The highest BCUT2D eigenvalue weighted by atomic mass is 16.3. The zero-order valence-electron chi connectivity index (χ0n) is 12.0. The van der Waals surface area contributed by atoms with Crippen LogP contribution in [0, 0.1) is 0 Å². The van der Waals surface area contributed by atoms with Crippen LogP contribution in [0.5, 0.6) is 5.75 Å². The van der Waals surface area contributed by atoms with Gasteiger partial charge in [-0.25, -0.2) is 0 Å². The fourth-order valence-electron chi connectivity index (χ4n) is 2.82. The molecule has 5 heteroatoms. The van der Waals surface area contributed by atoms with Gasteiger partial charge in [0.05, 0.1) is 16.8 Å². The summed E-state index contributed by atoms with van der Waals surface area (Å²) in [5.41, 5.74) is 3.97. The molecule has 0 saturated carbocycles. The second-order valence-corrected chi connectivity index (χ2v) is 5.29. The molecule has 0 spiro atoms. The highest BCUT2D eigenvalue weighted by molar-refractivity contribution is 6.27. The molecule has 4 rings (SSSR count). The van der Waals surface area contributed by atoms with Crippen molar-refractivity contribution in [3.05, 3.63) is 71.8 Å². The van der Waals surface area contributed by atoms with Crippen LogP contribution in [0.3, 0.4) is 0 Å². The lowest BCUT2D eigenvalue weighted by Crippen LogP contribution is -2.35. The summed E-state index contributed by atoms with van der Waals surface area (Å²) in [6.07, 6.45) is 0. The predicted molar refractivity (Wildman–Crippen MR) is 86.2 cm³/mol. The van der Waals surface area contributed by atoms with Gasteiger partial charge in [0.2, 0.25) is 0 Å². The van der Waals surface area contributed by atoms with E-state index >= 15 is 0 Å². The number of aromatic hydroxyl groups is 1.